The minimum absolute atomic E-state index is 0.0401. The third kappa shape index (κ3) is 3.31. The van der Waals surface area contributed by atoms with Crippen molar-refractivity contribution in [3.05, 3.63) is 29.8 Å². The van der Waals surface area contributed by atoms with Crippen LogP contribution in [0.1, 0.15) is 17.3 Å². The minimum atomic E-state index is 0.0401. The van der Waals surface area contributed by atoms with Crippen LogP contribution in [0.5, 0.6) is 5.75 Å². The van der Waals surface area contributed by atoms with E-state index in [-0.39, 0.29) is 5.78 Å². The van der Waals surface area contributed by atoms with Crippen LogP contribution in [0.2, 0.25) is 0 Å². The molecule has 0 N–H and O–H groups in total. The van der Waals surface area contributed by atoms with Crippen LogP contribution in [0.3, 0.4) is 0 Å². The van der Waals surface area contributed by atoms with Crippen LogP contribution < -0.4 is 4.74 Å². The number of nitrogens with zero attached hydrogens (tertiary/aromatic N) is 4. The van der Waals surface area contributed by atoms with Crippen molar-refractivity contribution in [2.24, 2.45) is 0 Å². The van der Waals surface area contributed by atoms with Gasteiger partial charge in [-0.3, -0.25) is 4.79 Å². The van der Waals surface area contributed by atoms with E-state index in [2.05, 4.69) is 15.5 Å². The van der Waals surface area contributed by atoms with E-state index >= 15 is 0 Å². The van der Waals surface area contributed by atoms with Gasteiger partial charge in [0.15, 0.2) is 5.78 Å². The zero-order valence-corrected chi connectivity index (χ0v) is 11.6. The Bertz CT molecular complexity index is 553. The second kappa shape index (κ2) is 6.33. The number of hydrogen-bond acceptors (Lipinski definition) is 6. The molecular weight excluding hydrogens is 264 g/mol. The van der Waals surface area contributed by atoms with E-state index < -0.39 is 0 Å². The zero-order valence-electron chi connectivity index (χ0n) is 10.7. The highest BCUT2D eigenvalue weighted by molar-refractivity contribution is 7.99. The number of methoxy groups -OCH3 is 1. The molecule has 0 radical (unpaired) electrons. The van der Waals surface area contributed by atoms with Gasteiger partial charge in [0.05, 0.1) is 12.9 Å². The molecule has 1 aromatic carbocycles. The second-order valence-electron chi connectivity index (χ2n) is 3.72. The molecule has 0 fully saturated rings. The predicted molar refractivity (Wildman–Crippen MR) is 71.5 cm³/mol. The highest BCUT2D eigenvalue weighted by Gasteiger charge is 2.10. The van der Waals surface area contributed by atoms with Gasteiger partial charge >= 0.3 is 0 Å². The number of carbonyl (C=O) groups excluding carboxylic acids is 1. The van der Waals surface area contributed by atoms with E-state index in [1.807, 2.05) is 6.92 Å². The lowest BCUT2D eigenvalue weighted by Crippen LogP contribution is -2.05. The number of benzene rings is 1. The molecule has 0 amide bonds. The first-order chi connectivity index (χ1) is 9.24. The summed E-state index contributed by atoms with van der Waals surface area (Å²) < 4.78 is 6.71. The van der Waals surface area contributed by atoms with Gasteiger partial charge in [-0.05, 0) is 41.6 Å². The molecule has 6 nitrogen and oxygen atoms in total. The lowest BCUT2D eigenvalue weighted by atomic mass is 10.1. The van der Waals surface area contributed by atoms with Crippen molar-refractivity contribution < 1.29 is 9.53 Å². The Morgan fingerprint density at radius 3 is 2.74 bits per heavy atom. The van der Waals surface area contributed by atoms with Crippen molar-refractivity contribution >= 4 is 17.5 Å². The van der Waals surface area contributed by atoms with Crippen LogP contribution in [0.25, 0.3) is 0 Å². The highest BCUT2D eigenvalue weighted by Crippen LogP contribution is 2.17. The first-order valence-electron chi connectivity index (χ1n) is 5.80. The third-order valence-corrected chi connectivity index (χ3v) is 3.50. The van der Waals surface area contributed by atoms with Gasteiger partial charge in [0.1, 0.15) is 5.75 Å². The quantitative estimate of drug-likeness (QED) is 0.591. The topological polar surface area (TPSA) is 69.9 Å². The van der Waals surface area contributed by atoms with Crippen molar-refractivity contribution in [1.82, 2.24) is 20.2 Å². The van der Waals surface area contributed by atoms with Gasteiger partial charge in [0.2, 0.25) is 5.16 Å². The predicted octanol–water partition coefficient (Wildman–Crippen LogP) is 1.68. The monoisotopic (exact) mass is 278 g/mol. The van der Waals surface area contributed by atoms with Gasteiger partial charge < -0.3 is 4.74 Å². The molecule has 0 aliphatic carbocycles. The molecule has 0 atom stereocenters. The third-order valence-electron chi connectivity index (χ3n) is 2.54. The molecule has 1 heterocycles. The van der Waals surface area contributed by atoms with E-state index in [0.29, 0.717) is 23.0 Å². The molecule has 0 aliphatic heterocycles. The molecule has 19 heavy (non-hydrogen) atoms. The summed E-state index contributed by atoms with van der Waals surface area (Å²) in [4.78, 5) is 12.0. The number of carbonyl (C=O) groups is 1. The fourth-order valence-corrected chi connectivity index (χ4v) is 2.32. The molecule has 7 heteroatoms. The van der Waals surface area contributed by atoms with Gasteiger partial charge in [0, 0.05) is 12.1 Å². The molecule has 0 spiro atoms. The van der Waals surface area contributed by atoms with E-state index in [0.717, 1.165) is 5.75 Å². The van der Waals surface area contributed by atoms with Crippen LogP contribution in [0.15, 0.2) is 29.4 Å². The van der Waals surface area contributed by atoms with Crippen LogP contribution in [-0.2, 0) is 6.54 Å². The minimum Gasteiger partial charge on any atom is -0.497 e. The molecule has 0 unspecified atom stereocenters. The van der Waals surface area contributed by atoms with Crippen LogP contribution in [0.4, 0.5) is 0 Å². The maximum atomic E-state index is 12.0. The molecule has 0 bridgehead atoms. The first-order valence-corrected chi connectivity index (χ1v) is 6.79. The largest absolute Gasteiger partial charge is 0.497 e. The summed E-state index contributed by atoms with van der Waals surface area (Å²) in [5, 5.41) is 11.9. The maximum absolute atomic E-state index is 12.0. The number of tetrazole rings is 1. The molecule has 0 saturated carbocycles. The number of hydrogen-bond donors (Lipinski definition) is 0. The summed E-state index contributed by atoms with van der Waals surface area (Å²) in [5.41, 5.74) is 0.656. The number of ether oxygens (including phenoxy) is 1. The van der Waals surface area contributed by atoms with E-state index in [1.54, 1.807) is 36.1 Å². The fourth-order valence-electron chi connectivity index (χ4n) is 1.49. The number of ketones is 1. The Kier molecular flexibility index (Phi) is 4.51. The number of aromatic nitrogens is 4. The second-order valence-corrected chi connectivity index (χ2v) is 4.66. The van der Waals surface area contributed by atoms with Crippen LogP contribution in [0, 0.1) is 0 Å². The summed E-state index contributed by atoms with van der Waals surface area (Å²) in [7, 11) is 1.59. The van der Waals surface area contributed by atoms with Gasteiger partial charge in [0.25, 0.3) is 0 Å². The zero-order chi connectivity index (χ0) is 13.7. The fraction of sp³-hybridized carbons (Fsp3) is 0.333. The number of aryl methyl sites for hydroxylation is 1. The Labute approximate surface area is 115 Å². The lowest BCUT2D eigenvalue weighted by Gasteiger charge is -2.03. The van der Waals surface area contributed by atoms with E-state index in [1.165, 1.54) is 11.8 Å². The standard InChI is InChI=1S/C12H14N4O2S/c1-3-16-12(13-14-15-16)19-8-11(17)9-4-6-10(18-2)7-5-9/h4-7H,3,8H2,1-2H3. The van der Waals surface area contributed by atoms with Gasteiger partial charge in [-0.2, -0.15) is 0 Å². The Morgan fingerprint density at radius 2 is 2.11 bits per heavy atom. The van der Waals surface area contributed by atoms with Crippen molar-refractivity contribution in [2.45, 2.75) is 18.6 Å². The number of Topliss-reactive ketones (excluding diaryl/α,β-unsaturated/α-hetero) is 1. The first kappa shape index (κ1) is 13.5. The average Bonchev–Trinajstić information content (AvgIpc) is 2.92. The van der Waals surface area contributed by atoms with Crippen LogP contribution in [-0.4, -0.2) is 38.9 Å². The summed E-state index contributed by atoms with van der Waals surface area (Å²) >= 11 is 1.34. The molecular formula is C12H14N4O2S. The summed E-state index contributed by atoms with van der Waals surface area (Å²) in [6, 6.07) is 7.05. The smallest absolute Gasteiger partial charge is 0.209 e. The highest BCUT2D eigenvalue weighted by atomic mass is 32.2. The summed E-state index contributed by atoms with van der Waals surface area (Å²) in [6.45, 7) is 2.64. The van der Waals surface area contributed by atoms with E-state index in [4.69, 9.17) is 4.74 Å². The van der Waals surface area contributed by atoms with Gasteiger partial charge in [-0.25, -0.2) is 4.68 Å². The molecule has 1 aromatic heterocycles. The summed E-state index contributed by atoms with van der Waals surface area (Å²) in [6.07, 6.45) is 0. The Morgan fingerprint density at radius 1 is 1.37 bits per heavy atom. The van der Waals surface area contributed by atoms with E-state index in [9.17, 15) is 4.79 Å². The number of thioether (sulfide) groups is 1. The molecule has 100 valence electrons. The SMILES string of the molecule is CCn1nnnc1SCC(=O)c1ccc(OC)cc1. The van der Waals surface area contributed by atoms with Crippen molar-refractivity contribution in [3.63, 3.8) is 0 Å². The number of rotatable bonds is 6. The molecule has 0 aliphatic rings. The molecule has 2 rings (SSSR count). The maximum Gasteiger partial charge on any atom is 0.209 e. The van der Waals surface area contributed by atoms with Crippen molar-refractivity contribution in [1.29, 1.82) is 0 Å². The van der Waals surface area contributed by atoms with Crippen LogP contribution >= 0.6 is 11.8 Å². The Hall–Kier alpha value is -1.89. The molecule has 2 aromatic rings. The molecule has 0 saturated heterocycles. The van der Waals surface area contributed by atoms with Crippen molar-refractivity contribution in [3.8, 4) is 5.75 Å². The lowest BCUT2D eigenvalue weighted by molar-refractivity contribution is 0.102. The summed E-state index contributed by atoms with van der Waals surface area (Å²) in [5.74, 6) is 1.09. The average molecular weight is 278 g/mol. The van der Waals surface area contributed by atoms with Gasteiger partial charge in [-0.15, -0.1) is 5.10 Å². The van der Waals surface area contributed by atoms with Gasteiger partial charge in [-0.1, -0.05) is 11.8 Å². The Balaban J connectivity index is 1.97. The van der Waals surface area contributed by atoms with Crippen molar-refractivity contribution in [2.75, 3.05) is 12.9 Å². The normalized spacial score (nSPS) is 10.4.